The van der Waals surface area contributed by atoms with Crippen LogP contribution in [0.15, 0.2) is 61.2 Å². The van der Waals surface area contributed by atoms with Gasteiger partial charge in [-0.05, 0) is 36.7 Å². The molecule has 6 nitrogen and oxygen atoms in total. The number of benzene rings is 2. The third kappa shape index (κ3) is 5.48. The molecule has 0 spiro atoms. The second-order valence-corrected chi connectivity index (χ2v) is 7.51. The predicted molar refractivity (Wildman–Crippen MR) is 110 cm³/mol. The number of halogens is 1. The molecule has 0 saturated heterocycles. The molecule has 1 amide bonds. The van der Waals surface area contributed by atoms with Crippen molar-refractivity contribution < 1.29 is 9.18 Å². The maximum atomic E-state index is 14.4. The van der Waals surface area contributed by atoms with Crippen LogP contribution >= 0.6 is 0 Å². The lowest BCUT2D eigenvalue weighted by atomic mass is 10.0. The van der Waals surface area contributed by atoms with Crippen LogP contribution in [0.25, 0.3) is 5.69 Å². The minimum atomic E-state index is -0.523. The average Bonchev–Trinajstić information content (AvgIpc) is 3.22. The molecule has 1 atom stereocenters. The highest BCUT2D eigenvalue weighted by atomic mass is 19.1. The topological polar surface area (TPSA) is 63.1 Å². The van der Waals surface area contributed by atoms with Crippen molar-refractivity contribution in [2.45, 2.75) is 26.4 Å². The van der Waals surface area contributed by atoms with Crippen molar-refractivity contribution in [3.05, 3.63) is 78.1 Å². The predicted octanol–water partition coefficient (Wildman–Crippen LogP) is 3.29. The molecule has 1 heterocycles. The first-order valence-corrected chi connectivity index (χ1v) is 9.62. The molecule has 3 rings (SSSR count). The summed E-state index contributed by atoms with van der Waals surface area (Å²) in [5.74, 6) is -0.581. The molecule has 7 heteroatoms. The third-order valence-electron chi connectivity index (χ3n) is 4.80. The molecule has 0 fully saturated rings. The molecule has 1 aromatic heterocycles. The van der Waals surface area contributed by atoms with E-state index < -0.39 is 5.82 Å². The van der Waals surface area contributed by atoms with Crippen molar-refractivity contribution in [2.75, 3.05) is 13.6 Å². The summed E-state index contributed by atoms with van der Waals surface area (Å²) in [6.45, 7) is 5.62. The normalized spacial score (nSPS) is 12.3. The minimum Gasteiger partial charge on any atom is -0.348 e. The van der Waals surface area contributed by atoms with Gasteiger partial charge >= 0.3 is 0 Å². The fraction of sp³-hybridized carbons (Fsp3) is 0.318. The number of carbonyl (C=O) groups excluding carboxylic acids is 1. The van der Waals surface area contributed by atoms with E-state index in [-0.39, 0.29) is 29.1 Å². The monoisotopic (exact) mass is 395 g/mol. The Morgan fingerprint density at radius 2 is 1.97 bits per heavy atom. The standard InChI is InChI=1S/C22H26FN5O/c1-16(2)20(13-27(3)12-17-7-5-4-6-8-17)26-22(29)18-9-10-21(19(23)11-18)28-15-24-14-25-28/h4-11,14-16,20H,12-13H2,1-3H3,(H,26,29)/t20-/m0/s1. The molecule has 2 aromatic carbocycles. The molecular weight excluding hydrogens is 369 g/mol. The summed E-state index contributed by atoms with van der Waals surface area (Å²) >= 11 is 0. The van der Waals surface area contributed by atoms with Gasteiger partial charge in [-0.15, -0.1) is 0 Å². The summed E-state index contributed by atoms with van der Waals surface area (Å²) < 4.78 is 15.8. The molecule has 152 valence electrons. The van der Waals surface area contributed by atoms with Gasteiger partial charge in [-0.3, -0.25) is 4.79 Å². The van der Waals surface area contributed by atoms with Crippen molar-refractivity contribution in [3.8, 4) is 5.69 Å². The number of nitrogens with zero attached hydrogens (tertiary/aromatic N) is 4. The van der Waals surface area contributed by atoms with E-state index in [1.807, 2.05) is 25.2 Å². The Labute approximate surface area is 170 Å². The largest absolute Gasteiger partial charge is 0.348 e. The minimum absolute atomic E-state index is 0.0609. The van der Waals surface area contributed by atoms with Gasteiger partial charge in [0.15, 0.2) is 0 Å². The van der Waals surface area contributed by atoms with Gasteiger partial charge in [0.1, 0.15) is 24.2 Å². The van der Waals surface area contributed by atoms with E-state index in [0.717, 1.165) is 6.54 Å². The Morgan fingerprint density at radius 3 is 2.59 bits per heavy atom. The third-order valence-corrected chi connectivity index (χ3v) is 4.80. The van der Waals surface area contributed by atoms with Crippen molar-refractivity contribution in [1.82, 2.24) is 25.0 Å². The van der Waals surface area contributed by atoms with Gasteiger partial charge in [0, 0.05) is 24.7 Å². The Morgan fingerprint density at radius 1 is 1.21 bits per heavy atom. The lowest BCUT2D eigenvalue weighted by Crippen LogP contribution is -2.45. The molecule has 0 radical (unpaired) electrons. The number of hydrogen-bond acceptors (Lipinski definition) is 4. The van der Waals surface area contributed by atoms with E-state index in [1.165, 1.54) is 35.0 Å². The Hall–Kier alpha value is -3.06. The maximum Gasteiger partial charge on any atom is 0.251 e. The summed E-state index contributed by atoms with van der Waals surface area (Å²) in [7, 11) is 2.03. The van der Waals surface area contributed by atoms with Gasteiger partial charge in [0.2, 0.25) is 0 Å². The van der Waals surface area contributed by atoms with E-state index in [0.29, 0.717) is 6.54 Å². The fourth-order valence-electron chi connectivity index (χ4n) is 3.14. The Bertz CT molecular complexity index is 928. The summed E-state index contributed by atoms with van der Waals surface area (Å²) in [6, 6.07) is 14.5. The summed E-state index contributed by atoms with van der Waals surface area (Å²) in [5, 5.41) is 6.97. The molecule has 0 bridgehead atoms. The van der Waals surface area contributed by atoms with Crippen molar-refractivity contribution in [2.24, 2.45) is 5.92 Å². The molecular formula is C22H26FN5O. The van der Waals surface area contributed by atoms with Crippen LogP contribution in [0.2, 0.25) is 0 Å². The van der Waals surface area contributed by atoms with Crippen LogP contribution in [0.1, 0.15) is 29.8 Å². The van der Waals surface area contributed by atoms with Crippen LogP contribution in [0.3, 0.4) is 0 Å². The van der Waals surface area contributed by atoms with Gasteiger partial charge in [0.05, 0.1) is 0 Å². The number of carbonyl (C=O) groups is 1. The van der Waals surface area contributed by atoms with Crippen molar-refractivity contribution in [3.63, 3.8) is 0 Å². The fourth-order valence-corrected chi connectivity index (χ4v) is 3.14. The zero-order valence-electron chi connectivity index (χ0n) is 16.9. The highest BCUT2D eigenvalue weighted by Gasteiger charge is 2.20. The molecule has 0 aliphatic carbocycles. The highest BCUT2D eigenvalue weighted by molar-refractivity contribution is 5.94. The molecule has 3 aromatic rings. The average molecular weight is 395 g/mol. The number of aromatic nitrogens is 3. The highest BCUT2D eigenvalue weighted by Crippen LogP contribution is 2.15. The number of amides is 1. The molecule has 1 N–H and O–H groups in total. The van der Waals surface area contributed by atoms with Gasteiger partial charge < -0.3 is 10.2 Å². The zero-order chi connectivity index (χ0) is 20.8. The molecule has 0 aliphatic heterocycles. The van der Waals surface area contributed by atoms with E-state index in [2.05, 4.69) is 46.3 Å². The molecule has 0 unspecified atom stereocenters. The van der Waals surface area contributed by atoms with Crippen LogP contribution in [-0.4, -0.2) is 45.2 Å². The van der Waals surface area contributed by atoms with Crippen LogP contribution in [0, 0.1) is 11.7 Å². The van der Waals surface area contributed by atoms with E-state index in [4.69, 9.17) is 0 Å². The van der Waals surface area contributed by atoms with Crippen LogP contribution in [0.5, 0.6) is 0 Å². The quantitative estimate of drug-likeness (QED) is 0.636. The van der Waals surface area contributed by atoms with Crippen molar-refractivity contribution >= 4 is 5.91 Å². The number of hydrogen-bond donors (Lipinski definition) is 1. The first-order valence-electron chi connectivity index (χ1n) is 9.62. The van der Waals surface area contributed by atoms with E-state index in [1.54, 1.807) is 6.07 Å². The first-order chi connectivity index (χ1) is 13.9. The Kier molecular flexibility index (Phi) is 6.72. The van der Waals surface area contributed by atoms with Gasteiger partial charge in [-0.2, -0.15) is 5.10 Å². The lowest BCUT2D eigenvalue weighted by Gasteiger charge is -2.28. The van der Waals surface area contributed by atoms with Gasteiger partial charge in [-0.1, -0.05) is 44.2 Å². The summed E-state index contributed by atoms with van der Waals surface area (Å²) in [6.07, 6.45) is 2.74. The molecule has 0 saturated carbocycles. The second-order valence-electron chi connectivity index (χ2n) is 7.51. The lowest BCUT2D eigenvalue weighted by molar-refractivity contribution is 0.0911. The summed E-state index contributed by atoms with van der Waals surface area (Å²) in [4.78, 5) is 18.7. The van der Waals surface area contributed by atoms with E-state index in [9.17, 15) is 9.18 Å². The van der Waals surface area contributed by atoms with Crippen LogP contribution in [-0.2, 0) is 6.54 Å². The number of rotatable bonds is 8. The SMILES string of the molecule is CC(C)[C@H](CN(C)Cc1ccccc1)NC(=O)c1ccc(-n2cncn2)c(F)c1. The Balaban J connectivity index is 1.65. The maximum absolute atomic E-state index is 14.4. The number of nitrogens with one attached hydrogen (secondary N) is 1. The smallest absolute Gasteiger partial charge is 0.251 e. The van der Waals surface area contributed by atoms with Gasteiger partial charge in [-0.25, -0.2) is 14.1 Å². The summed E-state index contributed by atoms with van der Waals surface area (Å²) in [5.41, 5.74) is 1.75. The molecule has 29 heavy (non-hydrogen) atoms. The first kappa shape index (κ1) is 20.7. The van der Waals surface area contributed by atoms with Crippen LogP contribution in [0.4, 0.5) is 4.39 Å². The zero-order valence-corrected chi connectivity index (χ0v) is 16.9. The number of likely N-dealkylation sites (N-methyl/N-ethyl adjacent to an activating group) is 1. The van der Waals surface area contributed by atoms with Gasteiger partial charge in [0.25, 0.3) is 5.91 Å². The molecule has 0 aliphatic rings. The second kappa shape index (κ2) is 9.43. The van der Waals surface area contributed by atoms with Crippen LogP contribution < -0.4 is 5.32 Å². The van der Waals surface area contributed by atoms with E-state index >= 15 is 0 Å². The van der Waals surface area contributed by atoms with Crippen molar-refractivity contribution in [1.29, 1.82) is 0 Å².